The van der Waals surface area contributed by atoms with E-state index in [1.54, 1.807) is 12.1 Å². The molecule has 0 aliphatic carbocycles. The average Bonchev–Trinajstić information content (AvgIpc) is 2.46. The molecule has 19 heavy (non-hydrogen) atoms. The van der Waals surface area contributed by atoms with Crippen molar-refractivity contribution in [2.24, 2.45) is 0 Å². The van der Waals surface area contributed by atoms with Gasteiger partial charge in [-0.25, -0.2) is 4.79 Å². The number of carbonyl (C=O) groups excluding carboxylic acids is 1. The van der Waals surface area contributed by atoms with E-state index < -0.39 is 0 Å². The van der Waals surface area contributed by atoms with Crippen LogP contribution in [0.5, 0.6) is 0 Å². The quantitative estimate of drug-likeness (QED) is 0.861. The zero-order chi connectivity index (χ0) is 12.8. The van der Waals surface area contributed by atoms with Crippen LogP contribution in [0.4, 0.5) is 0 Å². The SMILES string of the molecule is COC(=O)c1ccc(COC2CCNCC2)cc1.Cl. The van der Waals surface area contributed by atoms with Gasteiger partial charge >= 0.3 is 5.97 Å². The van der Waals surface area contributed by atoms with Gasteiger partial charge in [-0.2, -0.15) is 0 Å². The third kappa shape index (κ3) is 4.82. The van der Waals surface area contributed by atoms with Crippen molar-refractivity contribution in [3.63, 3.8) is 0 Å². The zero-order valence-corrected chi connectivity index (χ0v) is 11.9. The molecule has 4 nitrogen and oxygen atoms in total. The first-order chi connectivity index (χ1) is 8.79. The van der Waals surface area contributed by atoms with Crippen LogP contribution < -0.4 is 5.32 Å². The van der Waals surface area contributed by atoms with Crippen LogP contribution in [0.2, 0.25) is 0 Å². The van der Waals surface area contributed by atoms with Crippen molar-refractivity contribution < 1.29 is 14.3 Å². The fourth-order valence-electron chi connectivity index (χ4n) is 2.03. The second kappa shape index (κ2) is 8.15. The number of hydrogen-bond donors (Lipinski definition) is 1. The van der Waals surface area contributed by atoms with Crippen LogP contribution in [0, 0.1) is 0 Å². The van der Waals surface area contributed by atoms with Crippen LogP contribution >= 0.6 is 12.4 Å². The Morgan fingerprint density at radius 2 is 1.89 bits per heavy atom. The molecule has 1 aromatic rings. The lowest BCUT2D eigenvalue weighted by Crippen LogP contribution is -2.32. The van der Waals surface area contributed by atoms with E-state index in [0.717, 1.165) is 31.5 Å². The van der Waals surface area contributed by atoms with Crippen LogP contribution in [-0.2, 0) is 16.1 Å². The molecule has 1 aliphatic heterocycles. The molecule has 1 N–H and O–H groups in total. The largest absolute Gasteiger partial charge is 0.465 e. The van der Waals surface area contributed by atoms with Gasteiger partial charge in [0.25, 0.3) is 0 Å². The van der Waals surface area contributed by atoms with E-state index in [1.807, 2.05) is 12.1 Å². The molecule has 0 unspecified atom stereocenters. The minimum Gasteiger partial charge on any atom is -0.465 e. The van der Waals surface area contributed by atoms with Crippen LogP contribution in [-0.4, -0.2) is 32.3 Å². The first kappa shape index (κ1) is 16.0. The molecule has 1 saturated heterocycles. The van der Waals surface area contributed by atoms with E-state index >= 15 is 0 Å². The number of rotatable bonds is 4. The summed E-state index contributed by atoms with van der Waals surface area (Å²) in [4.78, 5) is 11.3. The molecule has 1 fully saturated rings. The predicted molar refractivity (Wildman–Crippen MR) is 75.7 cm³/mol. The summed E-state index contributed by atoms with van der Waals surface area (Å²) < 4.78 is 10.5. The molecule has 1 heterocycles. The van der Waals surface area contributed by atoms with Gasteiger partial charge in [-0.15, -0.1) is 12.4 Å². The third-order valence-electron chi connectivity index (χ3n) is 3.15. The van der Waals surface area contributed by atoms with Gasteiger partial charge in [0.2, 0.25) is 0 Å². The maximum Gasteiger partial charge on any atom is 0.337 e. The highest BCUT2D eigenvalue weighted by Crippen LogP contribution is 2.12. The number of carbonyl (C=O) groups is 1. The normalized spacial score (nSPS) is 15.6. The number of methoxy groups -OCH3 is 1. The van der Waals surface area contributed by atoms with E-state index in [9.17, 15) is 4.79 Å². The van der Waals surface area contributed by atoms with Crippen molar-refractivity contribution in [3.05, 3.63) is 35.4 Å². The summed E-state index contributed by atoms with van der Waals surface area (Å²) in [6.07, 6.45) is 2.49. The fourth-order valence-corrected chi connectivity index (χ4v) is 2.03. The van der Waals surface area contributed by atoms with Crippen molar-refractivity contribution in [2.75, 3.05) is 20.2 Å². The van der Waals surface area contributed by atoms with Crippen LogP contribution in [0.25, 0.3) is 0 Å². The average molecular weight is 286 g/mol. The highest BCUT2D eigenvalue weighted by molar-refractivity contribution is 5.89. The Morgan fingerprint density at radius 1 is 1.26 bits per heavy atom. The predicted octanol–water partition coefficient (Wildman–Crippen LogP) is 2.16. The van der Waals surface area contributed by atoms with Crippen LogP contribution in [0.15, 0.2) is 24.3 Å². The van der Waals surface area contributed by atoms with E-state index in [0.29, 0.717) is 18.3 Å². The molecule has 0 saturated carbocycles. The van der Waals surface area contributed by atoms with Crippen molar-refractivity contribution in [1.29, 1.82) is 0 Å². The van der Waals surface area contributed by atoms with Gasteiger partial charge in [0.05, 0.1) is 25.4 Å². The van der Waals surface area contributed by atoms with Gasteiger partial charge in [0.15, 0.2) is 0 Å². The highest BCUT2D eigenvalue weighted by Gasteiger charge is 2.13. The Kier molecular flexibility index (Phi) is 6.84. The number of nitrogens with one attached hydrogen (secondary N) is 1. The molecule has 106 valence electrons. The Balaban J connectivity index is 0.00000180. The maximum atomic E-state index is 11.3. The lowest BCUT2D eigenvalue weighted by Gasteiger charge is -2.22. The van der Waals surface area contributed by atoms with E-state index in [2.05, 4.69) is 10.1 Å². The van der Waals surface area contributed by atoms with E-state index in [1.165, 1.54) is 7.11 Å². The van der Waals surface area contributed by atoms with Crippen LogP contribution in [0.3, 0.4) is 0 Å². The number of hydrogen-bond acceptors (Lipinski definition) is 4. The van der Waals surface area contributed by atoms with Gasteiger partial charge in [-0.1, -0.05) is 12.1 Å². The lowest BCUT2D eigenvalue weighted by atomic mass is 10.1. The van der Waals surface area contributed by atoms with Crippen molar-refractivity contribution in [2.45, 2.75) is 25.6 Å². The summed E-state index contributed by atoms with van der Waals surface area (Å²) in [6, 6.07) is 7.36. The smallest absolute Gasteiger partial charge is 0.337 e. The standard InChI is InChI=1S/C14H19NO3.ClH/c1-17-14(16)12-4-2-11(3-5-12)10-18-13-6-8-15-9-7-13;/h2-5,13,15H,6-10H2,1H3;1H. The molecule has 1 aromatic carbocycles. The molecular weight excluding hydrogens is 266 g/mol. The zero-order valence-electron chi connectivity index (χ0n) is 11.1. The fraction of sp³-hybridized carbons (Fsp3) is 0.500. The molecule has 5 heteroatoms. The van der Waals surface area contributed by atoms with Gasteiger partial charge < -0.3 is 14.8 Å². The summed E-state index contributed by atoms with van der Waals surface area (Å²) in [7, 11) is 1.39. The summed E-state index contributed by atoms with van der Waals surface area (Å²) in [5.74, 6) is -0.305. The Bertz CT molecular complexity index is 388. The Labute approximate surface area is 119 Å². The number of esters is 1. The number of piperidine rings is 1. The summed E-state index contributed by atoms with van der Waals surface area (Å²) in [5, 5.41) is 3.31. The highest BCUT2D eigenvalue weighted by atomic mass is 35.5. The molecule has 0 radical (unpaired) electrons. The second-order valence-corrected chi connectivity index (χ2v) is 4.45. The molecule has 0 atom stereocenters. The molecule has 0 spiro atoms. The Morgan fingerprint density at radius 3 is 2.47 bits per heavy atom. The molecule has 0 aromatic heterocycles. The van der Waals surface area contributed by atoms with Gasteiger partial charge in [-0.3, -0.25) is 0 Å². The first-order valence-electron chi connectivity index (χ1n) is 6.29. The van der Waals surface area contributed by atoms with Gasteiger partial charge in [0.1, 0.15) is 0 Å². The maximum absolute atomic E-state index is 11.3. The number of halogens is 1. The van der Waals surface area contributed by atoms with E-state index in [-0.39, 0.29) is 18.4 Å². The number of benzene rings is 1. The molecule has 0 bridgehead atoms. The first-order valence-corrected chi connectivity index (χ1v) is 6.29. The molecule has 2 rings (SSSR count). The second-order valence-electron chi connectivity index (χ2n) is 4.45. The van der Waals surface area contributed by atoms with Crippen molar-refractivity contribution in [1.82, 2.24) is 5.32 Å². The minimum atomic E-state index is -0.305. The topological polar surface area (TPSA) is 47.6 Å². The van der Waals surface area contributed by atoms with Crippen molar-refractivity contribution >= 4 is 18.4 Å². The Hall–Kier alpha value is -1.10. The van der Waals surface area contributed by atoms with Gasteiger partial charge in [-0.05, 0) is 43.6 Å². The molecule has 0 amide bonds. The van der Waals surface area contributed by atoms with E-state index in [4.69, 9.17) is 4.74 Å². The molecule has 1 aliphatic rings. The van der Waals surface area contributed by atoms with Gasteiger partial charge in [0, 0.05) is 0 Å². The monoisotopic (exact) mass is 285 g/mol. The third-order valence-corrected chi connectivity index (χ3v) is 3.15. The summed E-state index contributed by atoms with van der Waals surface area (Å²) >= 11 is 0. The molecular formula is C14H20ClNO3. The summed E-state index contributed by atoms with van der Waals surface area (Å²) in [6.45, 7) is 2.67. The lowest BCUT2D eigenvalue weighted by molar-refractivity contribution is 0.0212. The van der Waals surface area contributed by atoms with Crippen molar-refractivity contribution in [3.8, 4) is 0 Å². The number of ether oxygens (including phenoxy) is 2. The summed E-state index contributed by atoms with van der Waals surface area (Å²) in [5.41, 5.74) is 1.66. The minimum absolute atomic E-state index is 0. The van der Waals surface area contributed by atoms with Crippen LogP contribution in [0.1, 0.15) is 28.8 Å².